The lowest BCUT2D eigenvalue weighted by Gasteiger charge is -2.04. The van der Waals surface area contributed by atoms with Gasteiger partial charge >= 0.3 is 0 Å². The molecule has 1 aromatic carbocycles. The Labute approximate surface area is 106 Å². The van der Waals surface area contributed by atoms with Crippen molar-refractivity contribution in [3.63, 3.8) is 0 Å². The molecular formula is C10H9N5S2. The lowest BCUT2D eigenvalue weighted by Crippen LogP contribution is -1.93. The van der Waals surface area contributed by atoms with Crippen LogP contribution in [-0.4, -0.2) is 19.7 Å². The molecule has 0 atom stereocenters. The Morgan fingerprint density at radius 3 is 3.06 bits per heavy atom. The van der Waals surface area contributed by atoms with E-state index < -0.39 is 0 Å². The zero-order valence-corrected chi connectivity index (χ0v) is 10.6. The summed E-state index contributed by atoms with van der Waals surface area (Å²) in [5.41, 5.74) is 9.47. The Bertz CT molecular complexity index is 672. The Kier molecular flexibility index (Phi) is 2.49. The van der Waals surface area contributed by atoms with Crippen LogP contribution in [0.4, 0.5) is 5.69 Å². The van der Waals surface area contributed by atoms with E-state index in [0.29, 0.717) is 5.69 Å². The van der Waals surface area contributed by atoms with Crippen LogP contribution in [0, 0.1) is 0 Å². The molecule has 2 N–H and O–H groups in total. The molecule has 5 nitrogen and oxygen atoms in total. The van der Waals surface area contributed by atoms with E-state index in [1.807, 2.05) is 23.7 Å². The normalized spacial score (nSPS) is 11.1. The monoisotopic (exact) mass is 263 g/mol. The van der Waals surface area contributed by atoms with Crippen molar-refractivity contribution in [2.75, 3.05) is 5.73 Å². The molecule has 0 saturated heterocycles. The molecule has 0 aliphatic heterocycles. The Morgan fingerprint density at radius 1 is 1.41 bits per heavy atom. The maximum Gasteiger partial charge on any atom is 0.195 e. The first-order chi connectivity index (χ1) is 8.25. The number of anilines is 1. The second kappa shape index (κ2) is 4.01. The maximum atomic E-state index is 6.10. The van der Waals surface area contributed by atoms with Crippen LogP contribution in [0.1, 0.15) is 0 Å². The summed E-state index contributed by atoms with van der Waals surface area (Å²) in [6.45, 7) is 0. The molecule has 7 heteroatoms. The van der Waals surface area contributed by atoms with Gasteiger partial charge in [-0.1, -0.05) is 0 Å². The average Bonchev–Trinajstić information content (AvgIpc) is 2.92. The van der Waals surface area contributed by atoms with E-state index in [9.17, 15) is 0 Å². The van der Waals surface area contributed by atoms with Crippen molar-refractivity contribution < 1.29 is 0 Å². The Morgan fingerprint density at radius 2 is 2.29 bits per heavy atom. The zero-order valence-electron chi connectivity index (χ0n) is 8.99. The molecule has 0 fully saturated rings. The van der Waals surface area contributed by atoms with Crippen molar-refractivity contribution in [3.05, 3.63) is 24.0 Å². The Hall–Kier alpha value is -1.60. The molecule has 0 amide bonds. The molecule has 0 aliphatic carbocycles. The molecular weight excluding hydrogens is 254 g/mol. The first-order valence-electron chi connectivity index (χ1n) is 4.89. The highest BCUT2D eigenvalue weighted by atomic mass is 32.2. The third-order valence-corrected chi connectivity index (χ3v) is 4.29. The molecule has 0 bridgehead atoms. The highest BCUT2D eigenvalue weighted by Gasteiger charge is 2.10. The van der Waals surface area contributed by atoms with Crippen molar-refractivity contribution in [1.82, 2.24) is 19.7 Å². The van der Waals surface area contributed by atoms with E-state index in [1.165, 1.54) is 11.8 Å². The van der Waals surface area contributed by atoms with Crippen LogP contribution in [0.15, 0.2) is 34.0 Å². The zero-order chi connectivity index (χ0) is 11.8. The quantitative estimate of drug-likeness (QED) is 0.717. The van der Waals surface area contributed by atoms with Gasteiger partial charge in [-0.3, -0.25) is 0 Å². The number of rotatable bonds is 2. The largest absolute Gasteiger partial charge is 0.396 e. The standard InChI is InChI=1S/C10H9N5S2/c1-15-4-13-14-10(15)17-6-2-3-7-9(8(6)11)12-5-16-7/h2-5H,11H2,1H3. The van der Waals surface area contributed by atoms with Gasteiger partial charge in [-0.25, -0.2) is 4.98 Å². The van der Waals surface area contributed by atoms with Gasteiger partial charge in [0.05, 0.1) is 15.9 Å². The van der Waals surface area contributed by atoms with E-state index in [4.69, 9.17) is 5.73 Å². The van der Waals surface area contributed by atoms with Crippen molar-refractivity contribution in [3.8, 4) is 0 Å². The molecule has 0 saturated carbocycles. The topological polar surface area (TPSA) is 69.6 Å². The summed E-state index contributed by atoms with van der Waals surface area (Å²) in [5.74, 6) is 0. The molecule has 17 heavy (non-hydrogen) atoms. The second-order valence-corrected chi connectivity index (χ2v) is 5.40. The number of aromatic nitrogens is 4. The summed E-state index contributed by atoms with van der Waals surface area (Å²) in [6, 6.07) is 4.03. The van der Waals surface area contributed by atoms with E-state index in [-0.39, 0.29) is 0 Å². The summed E-state index contributed by atoms with van der Waals surface area (Å²) < 4.78 is 2.96. The van der Waals surface area contributed by atoms with E-state index >= 15 is 0 Å². The van der Waals surface area contributed by atoms with Gasteiger partial charge in [-0.05, 0) is 23.9 Å². The van der Waals surface area contributed by atoms with Crippen LogP contribution in [0.3, 0.4) is 0 Å². The predicted molar refractivity (Wildman–Crippen MR) is 69.2 cm³/mol. The van der Waals surface area contributed by atoms with Gasteiger partial charge in [-0.2, -0.15) is 0 Å². The van der Waals surface area contributed by atoms with E-state index in [2.05, 4.69) is 15.2 Å². The molecule has 2 aromatic heterocycles. The Balaban J connectivity index is 2.06. The highest BCUT2D eigenvalue weighted by Crippen LogP contribution is 2.35. The fourth-order valence-corrected chi connectivity index (χ4v) is 3.00. The first-order valence-corrected chi connectivity index (χ1v) is 6.59. The maximum absolute atomic E-state index is 6.10. The number of fused-ring (bicyclic) bond motifs is 1. The summed E-state index contributed by atoms with van der Waals surface area (Å²) in [7, 11) is 1.90. The molecule has 0 aliphatic rings. The molecule has 86 valence electrons. The van der Waals surface area contributed by atoms with Gasteiger partial charge in [0.15, 0.2) is 5.16 Å². The third-order valence-electron chi connectivity index (χ3n) is 2.37. The number of hydrogen-bond acceptors (Lipinski definition) is 6. The number of hydrogen-bond donors (Lipinski definition) is 1. The van der Waals surface area contributed by atoms with Gasteiger partial charge in [-0.15, -0.1) is 21.5 Å². The van der Waals surface area contributed by atoms with Gasteiger partial charge in [0.1, 0.15) is 11.8 Å². The van der Waals surface area contributed by atoms with Crippen LogP contribution < -0.4 is 5.73 Å². The smallest absolute Gasteiger partial charge is 0.195 e. The van der Waals surface area contributed by atoms with Crippen LogP contribution >= 0.6 is 23.1 Å². The highest BCUT2D eigenvalue weighted by molar-refractivity contribution is 7.99. The number of nitrogens with two attached hydrogens (primary N) is 1. The van der Waals surface area contributed by atoms with Gasteiger partial charge in [0.25, 0.3) is 0 Å². The van der Waals surface area contributed by atoms with E-state index in [0.717, 1.165) is 20.3 Å². The lowest BCUT2D eigenvalue weighted by molar-refractivity contribution is 0.789. The van der Waals surface area contributed by atoms with Crippen molar-refractivity contribution >= 4 is 39.0 Å². The number of nitrogen functional groups attached to an aromatic ring is 1. The number of nitrogens with zero attached hydrogens (tertiary/aromatic N) is 4. The molecule has 0 radical (unpaired) electrons. The van der Waals surface area contributed by atoms with Crippen LogP contribution in [0.2, 0.25) is 0 Å². The van der Waals surface area contributed by atoms with Crippen molar-refractivity contribution in [1.29, 1.82) is 0 Å². The predicted octanol–water partition coefficient (Wildman–Crippen LogP) is 2.16. The summed E-state index contributed by atoms with van der Waals surface area (Å²) >= 11 is 3.08. The number of thiazole rings is 1. The summed E-state index contributed by atoms with van der Waals surface area (Å²) in [4.78, 5) is 5.23. The number of benzene rings is 1. The SMILES string of the molecule is Cn1cnnc1Sc1ccc2scnc2c1N. The lowest BCUT2D eigenvalue weighted by atomic mass is 10.3. The second-order valence-electron chi connectivity index (χ2n) is 3.50. The molecule has 0 spiro atoms. The summed E-state index contributed by atoms with van der Waals surface area (Å²) in [5, 5.41) is 8.67. The van der Waals surface area contributed by atoms with Crippen LogP contribution in [0.25, 0.3) is 10.2 Å². The molecule has 0 unspecified atom stereocenters. The first kappa shape index (κ1) is 10.5. The van der Waals surface area contributed by atoms with Gasteiger partial charge < -0.3 is 10.3 Å². The van der Waals surface area contributed by atoms with Crippen molar-refractivity contribution in [2.24, 2.45) is 7.05 Å². The minimum Gasteiger partial charge on any atom is -0.396 e. The summed E-state index contributed by atoms with van der Waals surface area (Å²) in [6.07, 6.45) is 1.67. The average molecular weight is 263 g/mol. The fourth-order valence-electron chi connectivity index (χ4n) is 1.49. The van der Waals surface area contributed by atoms with E-state index in [1.54, 1.807) is 23.2 Å². The van der Waals surface area contributed by atoms with Gasteiger partial charge in [0, 0.05) is 11.9 Å². The minimum absolute atomic E-state index is 0.705. The van der Waals surface area contributed by atoms with Crippen LogP contribution in [0.5, 0.6) is 0 Å². The van der Waals surface area contributed by atoms with Crippen LogP contribution in [-0.2, 0) is 7.05 Å². The molecule has 3 aromatic rings. The van der Waals surface area contributed by atoms with Crippen molar-refractivity contribution in [2.45, 2.75) is 10.1 Å². The minimum atomic E-state index is 0.705. The molecule has 2 heterocycles. The number of aryl methyl sites for hydroxylation is 1. The molecule has 3 rings (SSSR count). The third kappa shape index (κ3) is 1.77. The fraction of sp³-hybridized carbons (Fsp3) is 0.100. The van der Waals surface area contributed by atoms with Gasteiger partial charge in [0.2, 0.25) is 0 Å².